The first kappa shape index (κ1) is 12.4. The molecule has 0 bridgehead atoms. The fourth-order valence-corrected chi connectivity index (χ4v) is 2.20. The molecule has 1 rings (SSSR count). The zero-order valence-electron chi connectivity index (χ0n) is 7.76. The van der Waals surface area contributed by atoms with Gasteiger partial charge in [0.15, 0.2) is 0 Å². The van der Waals surface area contributed by atoms with Crippen molar-refractivity contribution in [2.45, 2.75) is 18.6 Å². The van der Waals surface area contributed by atoms with Crippen LogP contribution in [0.15, 0.2) is 12.1 Å². The first-order valence-corrected chi connectivity index (χ1v) is 5.66. The minimum absolute atomic E-state index is 0.141. The number of halogens is 1. The predicted octanol–water partition coefficient (Wildman–Crippen LogP) is 1.47. The van der Waals surface area contributed by atoms with E-state index in [1.807, 2.05) is 0 Å². The summed E-state index contributed by atoms with van der Waals surface area (Å²) in [5.41, 5.74) is 0. The molecule has 0 aromatic carbocycles. The largest absolute Gasteiger partial charge is 0.477 e. The Kier molecular flexibility index (Phi) is 4.53. The maximum absolute atomic E-state index is 10.6. The van der Waals surface area contributed by atoms with Crippen molar-refractivity contribution >= 4 is 28.9 Å². The van der Waals surface area contributed by atoms with Gasteiger partial charge in [0.2, 0.25) is 0 Å². The monoisotopic (exact) mass is 250 g/mol. The number of hydrogen-bond donors (Lipinski definition) is 3. The lowest BCUT2D eigenvalue weighted by Crippen LogP contribution is -2.17. The fraction of sp³-hybridized carbons (Fsp3) is 0.444. The number of carboxylic acid groups (broad SMARTS) is 1. The standard InChI is InChI=1S/C9H11ClO4S/c10-4-3-5(11)8(12)6-1-2-7(15-6)9(13)14/h1-2,5,8,11-12H,3-4H2,(H,13,14). The number of alkyl halides is 1. The third kappa shape index (κ3) is 3.17. The third-order valence-corrected chi connectivity index (χ3v) is 3.26. The molecule has 0 fully saturated rings. The summed E-state index contributed by atoms with van der Waals surface area (Å²) in [6, 6.07) is 2.90. The summed E-state index contributed by atoms with van der Waals surface area (Å²) in [6.45, 7) is 0. The van der Waals surface area contributed by atoms with Crippen molar-refractivity contribution in [2.24, 2.45) is 0 Å². The summed E-state index contributed by atoms with van der Waals surface area (Å²) in [7, 11) is 0. The SMILES string of the molecule is O=C(O)c1ccc(C(O)C(O)CCCl)s1. The highest BCUT2D eigenvalue weighted by Crippen LogP contribution is 2.26. The van der Waals surface area contributed by atoms with E-state index in [0.717, 1.165) is 11.3 Å². The highest BCUT2D eigenvalue weighted by Gasteiger charge is 2.20. The summed E-state index contributed by atoms with van der Waals surface area (Å²) in [6.07, 6.45) is -1.76. The Morgan fingerprint density at radius 2 is 2.13 bits per heavy atom. The lowest BCUT2D eigenvalue weighted by Gasteiger charge is -2.14. The molecule has 0 saturated carbocycles. The Balaban J connectivity index is 2.73. The summed E-state index contributed by atoms with van der Waals surface area (Å²) >= 11 is 6.37. The van der Waals surface area contributed by atoms with Crippen molar-refractivity contribution in [1.82, 2.24) is 0 Å². The molecule has 0 spiro atoms. The molecule has 0 saturated heterocycles. The van der Waals surface area contributed by atoms with Crippen molar-refractivity contribution in [2.75, 3.05) is 5.88 Å². The van der Waals surface area contributed by atoms with Gasteiger partial charge in [-0.2, -0.15) is 0 Å². The van der Waals surface area contributed by atoms with Gasteiger partial charge in [0.1, 0.15) is 11.0 Å². The van der Waals surface area contributed by atoms with Crippen molar-refractivity contribution in [3.05, 3.63) is 21.9 Å². The van der Waals surface area contributed by atoms with Crippen LogP contribution in [0.2, 0.25) is 0 Å². The van der Waals surface area contributed by atoms with Crippen LogP contribution >= 0.6 is 22.9 Å². The number of aliphatic hydroxyl groups excluding tert-OH is 2. The van der Waals surface area contributed by atoms with Crippen molar-refractivity contribution < 1.29 is 20.1 Å². The molecular formula is C9H11ClO4S. The zero-order chi connectivity index (χ0) is 11.4. The Labute approximate surface area is 95.7 Å². The van der Waals surface area contributed by atoms with Gasteiger partial charge in [-0.3, -0.25) is 0 Å². The van der Waals surface area contributed by atoms with Crippen LogP contribution in [0.5, 0.6) is 0 Å². The average molecular weight is 251 g/mol. The van der Waals surface area contributed by atoms with E-state index in [1.165, 1.54) is 12.1 Å². The number of carbonyl (C=O) groups is 1. The van der Waals surface area contributed by atoms with E-state index in [2.05, 4.69) is 0 Å². The smallest absolute Gasteiger partial charge is 0.345 e. The van der Waals surface area contributed by atoms with Gasteiger partial charge in [-0.25, -0.2) is 4.79 Å². The Morgan fingerprint density at radius 3 is 2.60 bits per heavy atom. The molecule has 15 heavy (non-hydrogen) atoms. The lowest BCUT2D eigenvalue weighted by atomic mass is 10.1. The molecule has 0 aliphatic carbocycles. The number of rotatable bonds is 5. The van der Waals surface area contributed by atoms with E-state index < -0.39 is 18.2 Å². The van der Waals surface area contributed by atoms with Crippen LogP contribution in [0.4, 0.5) is 0 Å². The highest BCUT2D eigenvalue weighted by atomic mass is 35.5. The molecule has 2 unspecified atom stereocenters. The number of hydrogen-bond acceptors (Lipinski definition) is 4. The molecular weight excluding hydrogens is 240 g/mol. The Bertz CT molecular complexity index is 339. The minimum Gasteiger partial charge on any atom is -0.477 e. The van der Waals surface area contributed by atoms with Gasteiger partial charge in [-0.15, -0.1) is 22.9 Å². The molecule has 2 atom stereocenters. The van der Waals surface area contributed by atoms with E-state index in [0.29, 0.717) is 4.88 Å². The van der Waals surface area contributed by atoms with Gasteiger partial charge in [-0.05, 0) is 18.6 Å². The van der Waals surface area contributed by atoms with Gasteiger partial charge >= 0.3 is 5.97 Å². The summed E-state index contributed by atoms with van der Waals surface area (Å²) in [5, 5.41) is 27.7. The summed E-state index contributed by atoms with van der Waals surface area (Å²) in [4.78, 5) is 11.2. The number of aromatic carboxylic acids is 1. The molecule has 1 aromatic rings. The molecule has 6 heteroatoms. The van der Waals surface area contributed by atoms with Crippen LogP contribution in [-0.4, -0.2) is 33.3 Å². The van der Waals surface area contributed by atoms with E-state index in [9.17, 15) is 15.0 Å². The molecule has 1 heterocycles. The van der Waals surface area contributed by atoms with Crippen LogP contribution in [0.3, 0.4) is 0 Å². The molecule has 0 radical (unpaired) electrons. The van der Waals surface area contributed by atoms with Gasteiger partial charge < -0.3 is 15.3 Å². The van der Waals surface area contributed by atoms with Crippen LogP contribution in [0, 0.1) is 0 Å². The second-order valence-corrected chi connectivity index (χ2v) is 4.49. The number of carboxylic acids is 1. The van der Waals surface area contributed by atoms with Crippen molar-refractivity contribution in [1.29, 1.82) is 0 Å². The van der Waals surface area contributed by atoms with Gasteiger partial charge in [0.25, 0.3) is 0 Å². The third-order valence-electron chi connectivity index (χ3n) is 1.90. The number of aliphatic hydroxyl groups is 2. The van der Waals surface area contributed by atoms with E-state index in [-0.39, 0.29) is 17.2 Å². The Hall–Kier alpha value is -0.620. The van der Waals surface area contributed by atoms with Crippen LogP contribution in [0.25, 0.3) is 0 Å². The second kappa shape index (κ2) is 5.46. The van der Waals surface area contributed by atoms with Gasteiger partial charge in [0.05, 0.1) is 6.10 Å². The second-order valence-electron chi connectivity index (χ2n) is 3.00. The average Bonchev–Trinajstić information content (AvgIpc) is 2.65. The van der Waals surface area contributed by atoms with E-state index >= 15 is 0 Å². The van der Waals surface area contributed by atoms with Crippen molar-refractivity contribution in [3.8, 4) is 0 Å². The highest BCUT2D eigenvalue weighted by molar-refractivity contribution is 7.14. The molecule has 84 valence electrons. The zero-order valence-corrected chi connectivity index (χ0v) is 9.33. The van der Waals surface area contributed by atoms with Crippen LogP contribution in [0.1, 0.15) is 27.1 Å². The minimum atomic E-state index is -1.07. The molecule has 3 N–H and O–H groups in total. The maximum Gasteiger partial charge on any atom is 0.345 e. The van der Waals surface area contributed by atoms with Crippen LogP contribution in [-0.2, 0) is 0 Å². The fourth-order valence-electron chi connectivity index (χ4n) is 1.09. The van der Waals surface area contributed by atoms with Gasteiger partial charge in [0, 0.05) is 10.8 Å². The molecule has 1 aromatic heterocycles. The van der Waals surface area contributed by atoms with Crippen LogP contribution < -0.4 is 0 Å². The normalized spacial score (nSPS) is 14.9. The topological polar surface area (TPSA) is 77.8 Å². The maximum atomic E-state index is 10.6. The summed E-state index contributed by atoms with van der Waals surface area (Å²) in [5.74, 6) is -0.791. The van der Waals surface area contributed by atoms with E-state index in [1.54, 1.807) is 0 Å². The molecule has 4 nitrogen and oxygen atoms in total. The molecule has 0 amide bonds. The first-order valence-electron chi connectivity index (χ1n) is 4.31. The quantitative estimate of drug-likeness (QED) is 0.692. The number of thiophene rings is 1. The van der Waals surface area contributed by atoms with Gasteiger partial charge in [-0.1, -0.05) is 0 Å². The van der Waals surface area contributed by atoms with Crippen molar-refractivity contribution in [3.63, 3.8) is 0 Å². The first-order chi connectivity index (χ1) is 7.06. The Morgan fingerprint density at radius 1 is 1.47 bits per heavy atom. The van der Waals surface area contributed by atoms with E-state index in [4.69, 9.17) is 16.7 Å². The predicted molar refractivity (Wildman–Crippen MR) is 57.6 cm³/mol. The lowest BCUT2D eigenvalue weighted by molar-refractivity contribution is 0.0191. The summed E-state index contributed by atoms with van der Waals surface area (Å²) < 4.78 is 0. The molecule has 0 aliphatic rings. The molecule has 0 aliphatic heterocycles.